The molecular weight excluding hydrogens is 344 g/mol. The second-order valence-electron chi connectivity index (χ2n) is 5.29. The Morgan fingerprint density at radius 2 is 2.08 bits per heavy atom. The van der Waals surface area contributed by atoms with Crippen molar-refractivity contribution in [3.8, 4) is 5.75 Å². The van der Waals surface area contributed by atoms with Crippen LogP contribution in [0.3, 0.4) is 0 Å². The highest BCUT2D eigenvalue weighted by molar-refractivity contribution is 5.91. The minimum atomic E-state index is -1.09. The van der Waals surface area contributed by atoms with E-state index in [1.807, 2.05) is 18.2 Å². The largest absolute Gasteiger partial charge is 0.481 e. The molecule has 0 saturated carbocycles. The third-order valence-corrected chi connectivity index (χ3v) is 3.44. The average Bonchev–Trinajstić information content (AvgIpc) is 3.13. The van der Waals surface area contributed by atoms with E-state index in [4.69, 9.17) is 9.15 Å². The Balaban J connectivity index is 1.50. The number of aromatic nitrogens is 2. The monoisotopic (exact) mass is 359 g/mol. The van der Waals surface area contributed by atoms with Gasteiger partial charge >= 0.3 is 0 Å². The fraction of sp³-hybridized carbons (Fsp3) is 0.167. The van der Waals surface area contributed by atoms with E-state index in [0.717, 1.165) is 11.8 Å². The van der Waals surface area contributed by atoms with Crippen LogP contribution in [0.5, 0.6) is 5.75 Å². The summed E-state index contributed by atoms with van der Waals surface area (Å²) < 4.78 is 36.8. The maximum atomic E-state index is 13.5. The fourth-order valence-electron chi connectivity index (χ4n) is 2.16. The van der Waals surface area contributed by atoms with Crippen LogP contribution in [0.15, 0.2) is 53.3 Å². The summed E-state index contributed by atoms with van der Waals surface area (Å²) in [4.78, 5) is 20.1. The molecule has 2 aromatic heterocycles. The van der Waals surface area contributed by atoms with Crippen LogP contribution < -0.4 is 10.1 Å². The van der Waals surface area contributed by atoms with Crippen molar-refractivity contribution in [1.82, 2.24) is 15.3 Å². The summed E-state index contributed by atoms with van der Waals surface area (Å²) in [7, 11) is 0. The smallest absolute Gasteiger partial charge is 0.273 e. The van der Waals surface area contributed by atoms with Crippen molar-refractivity contribution in [2.24, 2.45) is 0 Å². The Bertz CT molecular complexity index is 884. The van der Waals surface area contributed by atoms with Gasteiger partial charge in [-0.05, 0) is 24.3 Å². The van der Waals surface area contributed by atoms with Crippen molar-refractivity contribution >= 4 is 5.91 Å². The van der Waals surface area contributed by atoms with Gasteiger partial charge in [-0.25, -0.2) is 9.37 Å². The molecule has 3 aromatic rings. The highest BCUT2D eigenvalue weighted by atomic mass is 19.2. The summed E-state index contributed by atoms with van der Waals surface area (Å²) in [6.45, 7) is 0.157. The van der Waals surface area contributed by atoms with Crippen LogP contribution in [0.4, 0.5) is 8.78 Å². The first-order chi connectivity index (χ1) is 12.6. The van der Waals surface area contributed by atoms with E-state index in [1.54, 1.807) is 6.20 Å². The molecule has 0 aliphatic carbocycles. The molecule has 1 aromatic carbocycles. The van der Waals surface area contributed by atoms with Crippen molar-refractivity contribution in [2.75, 3.05) is 6.54 Å². The number of nitrogens with zero attached hydrogens (tertiary/aromatic N) is 2. The molecule has 8 heteroatoms. The van der Waals surface area contributed by atoms with E-state index in [0.29, 0.717) is 13.0 Å². The molecule has 0 bridgehead atoms. The highest BCUT2D eigenvalue weighted by Crippen LogP contribution is 2.20. The zero-order valence-electron chi connectivity index (χ0n) is 13.6. The highest BCUT2D eigenvalue weighted by Gasteiger charge is 2.14. The van der Waals surface area contributed by atoms with Gasteiger partial charge in [0, 0.05) is 24.9 Å². The van der Waals surface area contributed by atoms with Gasteiger partial charge in [-0.1, -0.05) is 12.1 Å². The second-order valence-corrected chi connectivity index (χ2v) is 5.29. The number of amides is 1. The van der Waals surface area contributed by atoms with Crippen LogP contribution in [0, 0.1) is 11.6 Å². The predicted octanol–water partition coefficient (Wildman–Crippen LogP) is 2.90. The lowest BCUT2D eigenvalue weighted by Crippen LogP contribution is -2.26. The Kier molecular flexibility index (Phi) is 5.52. The van der Waals surface area contributed by atoms with Gasteiger partial charge in [0.25, 0.3) is 5.91 Å². The quantitative estimate of drug-likeness (QED) is 0.702. The van der Waals surface area contributed by atoms with E-state index >= 15 is 0 Å². The lowest BCUT2D eigenvalue weighted by atomic mass is 10.2. The molecule has 0 saturated heterocycles. The van der Waals surface area contributed by atoms with Crippen molar-refractivity contribution in [3.05, 3.63) is 77.8 Å². The number of pyridine rings is 1. The SMILES string of the molecule is O=C(NCCc1ccccn1)c1coc(COc2cccc(F)c2F)n1. The summed E-state index contributed by atoms with van der Waals surface area (Å²) in [6.07, 6.45) is 3.44. The number of benzene rings is 1. The van der Waals surface area contributed by atoms with E-state index < -0.39 is 17.5 Å². The van der Waals surface area contributed by atoms with Gasteiger partial charge in [0.1, 0.15) is 6.26 Å². The predicted molar refractivity (Wildman–Crippen MR) is 87.5 cm³/mol. The molecule has 0 radical (unpaired) electrons. The van der Waals surface area contributed by atoms with Crippen LogP contribution >= 0.6 is 0 Å². The van der Waals surface area contributed by atoms with Crippen molar-refractivity contribution < 1.29 is 22.7 Å². The normalized spacial score (nSPS) is 10.5. The minimum absolute atomic E-state index is 0.0727. The molecule has 0 unspecified atom stereocenters. The molecule has 0 aliphatic rings. The molecule has 3 rings (SSSR count). The average molecular weight is 359 g/mol. The van der Waals surface area contributed by atoms with Crippen molar-refractivity contribution in [1.29, 1.82) is 0 Å². The number of oxazole rings is 1. The third-order valence-electron chi connectivity index (χ3n) is 3.44. The summed E-state index contributed by atoms with van der Waals surface area (Å²) in [5.41, 5.74) is 0.934. The number of ether oxygens (including phenoxy) is 1. The molecule has 0 fully saturated rings. The molecule has 0 aliphatic heterocycles. The Labute approximate surface area is 147 Å². The Morgan fingerprint density at radius 3 is 2.88 bits per heavy atom. The molecule has 2 heterocycles. The van der Waals surface area contributed by atoms with Crippen molar-refractivity contribution in [3.63, 3.8) is 0 Å². The molecule has 1 N–H and O–H groups in total. The van der Waals surface area contributed by atoms with Crippen LogP contribution in [0.1, 0.15) is 22.1 Å². The van der Waals surface area contributed by atoms with E-state index in [9.17, 15) is 13.6 Å². The van der Waals surface area contributed by atoms with Crippen molar-refractivity contribution in [2.45, 2.75) is 13.0 Å². The molecule has 0 atom stereocenters. The van der Waals surface area contributed by atoms with Gasteiger partial charge in [0.15, 0.2) is 23.9 Å². The zero-order chi connectivity index (χ0) is 18.4. The summed E-state index contributed by atoms with van der Waals surface area (Å²) in [6, 6.07) is 9.15. The van der Waals surface area contributed by atoms with Gasteiger partial charge < -0.3 is 14.5 Å². The van der Waals surface area contributed by atoms with E-state index in [2.05, 4.69) is 15.3 Å². The molecular formula is C18H15F2N3O3. The number of carbonyl (C=O) groups excluding carboxylic acids is 1. The maximum absolute atomic E-state index is 13.5. The molecule has 26 heavy (non-hydrogen) atoms. The topological polar surface area (TPSA) is 77.2 Å². The molecule has 134 valence electrons. The summed E-state index contributed by atoms with van der Waals surface area (Å²) in [5.74, 6) is -2.70. The maximum Gasteiger partial charge on any atom is 0.273 e. The van der Waals surface area contributed by atoms with E-state index in [1.165, 1.54) is 18.4 Å². The number of rotatable bonds is 7. The fourth-order valence-corrected chi connectivity index (χ4v) is 2.16. The molecule has 6 nitrogen and oxygen atoms in total. The lowest BCUT2D eigenvalue weighted by Gasteiger charge is -2.04. The summed E-state index contributed by atoms with van der Waals surface area (Å²) in [5, 5.41) is 2.70. The van der Waals surface area contributed by atoms with Crippen LogP contribution in [-0.2, 0) is 13.0 Å². The number of hydrogen-bond donors (Lipinski definition) is 1. The van der Waals surface area contributed by atoms with Gasteiger partial charge in [-0.2, -0.15) is 4.39 Å². The van der Waals surface area contributed by atoms with Crippen LogP contribution in [-0.4, -0.2) is 22.4 Å². The van der Waals surface area contributed by atoms with Gasteiger partial charge in [0.05, 0.1) is 0 Å². The zero-order valence-corrected chi connectivity index (χ0v) is 13.6. The number of carbonyl (C=O) groups is 1. The first-order valence-corrected chi connectivity index (χ1v) is 7.83. The standard InChI is InChI=1S/C18H15F2N3O3/c19-13-5-3-6-15(17(13)20)25-11-16-23-14(10-26-16)18(24)22-9-7-12-4-1-2-8-21-12/h1-6,8,10H,7,9,11H2,(H,22,24). The summed E-state index contributed by atoms with van der Waals surface area (Å²) >= 11 is 0. The first kappa shape index (κ1) is 17.5. The molecule has 0 spiro atoms. The van der Waals surface area contributed by atoms with Crippen LogP contribution in [0.2, 0.25) is 0 Å². The molecule has 1 amide bonds. The van der Waals surface area contributed by atoms with E-state index in [-0.39, 0.29) is 23.9 Å². The number of nitrogens with one attached hydrogen (secondary N) is 1. The van der Waals surface area contributed by atoms with Gasteiger partial charge in [-0.15, -0.1) is 0 Å². The third kappa shape index (κ3) is 4.41. The minimum Gasteiger partial charge on any atom is -0.481 e. The second kappa shape index (κ2) is 8.19. The van der Waals surface area contributed by atoms with Gasteiger partial charge in [-0.3, -0.25) is 9.78 Å². The first-order valence-electron chi connectivity index (χ1n) is 7.83. The Morgan fingerprint density at radius 1 is 1.19 bits per heavy atom. The number of hydrogen-bond acceptors (Lipinski definition) is 5. The lowest BCUT2D eigenvalue weighted by molar-refractivity contribution is 0.0949. The van der Waals surface area contributed by atoms with Crippen LogP contribution in [0.25, 0.3) is 0 Å². The number of halogens is 2. The van der Waals surface area contributed by atoms with Gasteiger partial charge in [0.2, 0.25) is 11.7 Å². The Hall–Kier alpha value is -3.29.